The number of carbonyl (C=O) groups is 2. The zero-order chi connectivity index (χ0) is 14.1. The number of benzene rings is 1. The van der Waals surface area contributed by atoms with Crippen LogP contribution < -0.4 is 10.1 Å². The van der Waals surface area contributed by atoms with E-state index in [4.69, 9.17) is 9.84 Å². The van der Waals surface area contributed by atoms with Gasteiger partial charge in [-0.05, 0) is 24.5 Å². The van der Waals surface area contributed by atoms with E-state index in [1.54, 1.807) is 0 Å². The third-order valence-electron chi connectivity index (χ3n) is 4.05. The first kappa shape index (κ1) is 13.0. The maximum absolute atomic E-state index is 11.9. The number of aliphatic carboxylic acids is 1. The highest BCUT2D eigenvalue weighted by Crippen LogP contribution is 2.39. The predicted molar refractivity (Wildman–Crippen MR) is 71.5 cm³/mol. The van der Waals surface area contributed by atoms with Gasteiger partial charge in [0.25, 0.3) is 0 Å². The highest BCUT2D eigenvalue weighted by atomic mass is 16.5. The van der Waals surface area contributed by atoms with Gasteiger partial charge < -0.3 is 15.2 Å². The Morgan fingerprint density at radius 3 is 2.85 bits per heavy atom. The SMILES string of the molecule is O=C(O)C1CC1C(=O)NCC1CCOc2ccccc21. The first-order chi connectivity index (χ1) is 9.66. The number of para-hydroxylation sites is 1. The van der Waals surface area contributed by atoms with Crippen molar-refractivity contribution in [2.45, 2.75) is 18.8 Å². The van der Waals surface area contributed by atoms with Gasteiger partial charge in [0, 0.05) is 12.5 Å². The van der Waals surface area contributed by atoms with Gasteiger partial charge in [0.2, 0.25) is 5.91 Å². The van der Waals surface area contributed by atoms with Crippen LogP contribution in [0, 0.1) is 11.8 Å². The Labute approximate surface area is 116 Å². The summed E-state index contributed by atoms with van der Waals surface area (Å²) in [7, 11) is 0. The average molecular weight is 275 g/mol. The maximum Gasteiger partial charge on any atom is 0.307 e. The summed E-state index contributed by atoms with van der Waals surface area (Å²) < 4.78 is 5.58. The van der Waals surface area contributed by atoms with Crippen molar-refractivity contribution in [1.82, 2.24) is 5.32 Å². The van der Waals surface area contributed by atoms with Crippen LogP contribution in [0.4, 0.5) is 0 Å². The highest BCUT2D eigenvalue weighted by Gasteiger charge is 2.48. The first-order valence-corrected chi connectivity index (χ1v) is 6.89. The summed E-state index contributed by atoms with van der Waals surface area (Å²) in [5, 5.41) is 11.7. The topological polar surface area (TPSA) is 75.6 Å². The molecule has 0 spiro atoms. The van der Waals surface area contributed by atoms with Gasteiger partial charge in [-0.15, -0.1) is 0 Å². The van der Waals surface area contributed by atoms with Crippen molar-refractivity contribution >= 4 is 11.9 Å². The highest BCUT2D eigenvalue weighted by molar-refractivity contribution is 5.89. The van der Waals surface area contributed by atoms with E-state index in [-0.39, 0.29) is 17.7 Å². The van der Waals surface area contributed by atoms with Crippen LogP contribution in [0.25, 0.3) is 0 Å². The predicted octanol–water partition coefficient (Wildman–Crippen LogP) is 1.39. The van der Waals surface area contributed by atoms with Crippen molar-refractivity contribution in [2.24, 2.45) is 11.8 Å². The fourth-order valence-corrected chi connectivity index (χ4v) is 2.74. The van der Waals surface area contributed by atoms with Crippen LogP contribution in [-0.4, -0.2) is 30.1 Å². The maximum atomic E-state index is 11.9. The number of amides is 1. The summed E-state index contributed by atoms with van der Waals surface area (Å²) in [5.74, 6) is -0.721. The molecule has 0 radical (unpaired) electrons. The lowest BCUT2D eigenvalue weighted by atomic mass is 9.93. The number of carboxylic acid groups (broad SMARTS) is 1. The number of carbonyl (C=O) groups excluding carboxylic acids is 1. The van der Waals surface area contributed by atoms with E-state index in [1.165, 1.54) is 0 Å². The molecule has 1 aliphatic heterocycles. The number of carboxylic acids is 1. The molecule has 0 aromatic heterocycles. The molecule has 106 valence electrons. The van der Waals surface area contributed by atoms with E-state index < -0.39 is 11.9 Å². The van der Waals surface area contributed by atoms with Crippen LogP contribution in [0.2, 0.25) is 0 Å². The molecule has 1 aliphatic carbocycles. The molecule has 3 rings (SSSR count). The second-order valence-corrected chi connectivity index (χ2v) is 5.40. The normalized spacial score (nSPS) is 27.1. The molecular weight excluding hydrogens is 258 g/mol. The van der Waals surface area contributed by atoms with Crippen molar-refractivity contribution in [3.8, 4) is 5.75 Å². The minimum Gasteiger partial charge on any atom is -0.493 e. The summed E-state index contributed by atoms with van der Waals surface area (Å²) in [6, 6.07) is 7.85. The lowest BCUT2D eigenvalue weighted by Crippen LogP contribution is -2.32. The summed E-state index contributed by atoms with van der Waals surface area (Å²) >= 11 is 0. The summed E-state index contributed by atoms with van der Waals surface area (Å²) in [4.78, 5) is 22.6. The van der Waals surface area contributed by atoms with Gasteiger partial charge >= 0.3 is 5.97 Å². The quantitative estimate of drug-likeness (QED) is 0.870. The van der Waals surface area contributed by atoms with E-state index in [1.807, 2.05) is 24.3 Å². The van der Waals surface area contributed by atoms with Crippen LogP contribution in [-0.2, 0) is 9.59 Å². The molecule has 1 heterocycles. The van der Waals surface area contributed by atoms with E-state index in [0.29, 0.717) is 19.6 Å². The minimum absolute atomic E-state index is 0.138. The molecule has 0 saturated heterocycles. The summed E-state index contributed by atoms with van der Waals surface area (Å²) in [6.45, 7) is 1.20. The lowest BCUT2D eigenvalue weighted by Gasteiger charge is -2.26. The van der Waals surface area contributed by atoms with Gasteiger partial charge in [-0.1, -0.05) is 18.2 Å². The van der Waals surface area contributed by atoms with Crippen LogP contribution in [0.3, 0.4) is 0 Å². The van der Waals surface area contributed by atoms with Crippen LogP contribution in [0.1, 0.15) is 24.3 Å². The van der Waals surface area contributed by atoms with E-state index in [2.05, 4.69) is 5.32 Å². The number of nitrogens with one attached hydrogen (secondary N) is 1. The second kappa shape index (κ2) is 5.15. The molecule has 5 heteroatoms. The fraction of sp³-hybridized carbons (Fsp3) is 0.467. The Balaban J connectivity index is 1.57. The number of ether oxygens (including phenoxy) is 1. The van der Waals surface area contributed by atoms with E-state index in [9.17, 15) is 9.59 Å². The third-order valence-corrected chi connectivity index (χ3v) is 4.05. The van der Waals surface area contributed by atoms with Gasteiger partial charge in [0.1, 0.15) is 5.75 Å². The Hall–Kier alpha value is -2.04. The van der Waals surface area contributed by atoms with Crippen molar-refractivity contribution < 1.29 is 19.4 Å². The molecule has 1 saturated carbocycles. The Bertz CT molecular complexity index is 542. The number of hydrogen-bond acceptors (Lipinski definition) is 3. The molecule has 2 aliphatic rings. The van der Waals surface area contributed by atoms with Crippen LogP contribution in [0.5, 0.6) is 5.75 Å². The summed E-state index contributed by atoms with van der Waals surface area (Å²) in [6.07, 6.45) is 1.33. The lowest BCUT2D eigenvalue weighted by molar-refractivity contribution is -0.140. The molecule has 1 fully saturated rings. The van der Waals surface area contributed by atoms with Gasteiger partial charge in [-0.3, -0.25) is 9.59 Å². The van der Waals surface area contributed by atoms with Crippen molar-refractivity contribution in [2.75, 3.05) is 13.2 Å². The Kier molecular flexibility index (Phi) is 3.34. The number of fused-ring (bicyclic) bond motifs is 1. The van der Waals surface area contributed by atoms with E-state index >= 15 is 0 Å². The van der Waals surface area contributed by atoms with Crippen molar-refractivity contribution in [3.63, 3.8) is 0 Å². The van der Waals surface area contributed by atoms with Gasteiger partial charge in [-0.25, -0.2) is 0 Å². The Morgan fingerprint density at radius 2 is 2.10 bits per heavy atom. The number of hydrogen-bond donors (Lipinski definition) is 2. The smallest absolute Gasteiger partial charge is 0.307 e. The molecule has 0 bridgehead atoms. The Morgan fingerprint density at radius 1 is 1.30 bits per heavy atom. The molecular formula is C15H17NO4. The molecule has 1 amide bonds. The van der Waals surface area contributed by atoms with Gasteiger partial charge in [0.15, 0.2) is 0 Å². The molecule has 3 unspecified atom stereocenters. The monoisotopic (exact) mass is 275 g/mol. The van der Waals surface area contributed by atoms with Gasteiger partial charge in [-0.2, -0.15) is 0 Å². The van der Waals surface area contributed by atoms with Crippen LogP contribution in [0.15, 0.2) is 24.3 Å². The molecule has 5 nitrogen and oxygen atoms in total. The molecule has 1 aromatic rings. The first-order valence-electron chi connectivity index (χ1n) is 6.89. The molecule has 2 N–H and O–H groups in total. The van der Waals surface area contributed by atoms with Crippen LogP contribution >= 0.6 is 0 Å². The fourth-order valence-electron chi connectivity index (χ4n) is 2.74. The molecule has 3 atom stereocenters. The standard InChI is InChI=1S/C15H17NO4/c17-14(11-7-12(11)15(18)19)16-8-9-5-6-20-13-4-2-1-3-10(9)13/h1-4,9,11-12H,5-8H2,(H,16,17)(H,18,19). The van der Waals surface area contributed by atoms with Crippen molar-refractivity contribution in [1.29, 1.82) is 0 Å². The second-order valence-electron chi connectivity index (χ2n) is 5.40. The molecule has 1 aromatic carbocycles. The minimum atomic E-state index is -0.874. The zero-order valence-electron chi connectivity index (χ0n) is 11.0. The zero-order valence-corrected chi connectivity index (χ0v) is 11.0. The van der Waals surface area contributed by atoms with E-state index in [0.717, 1.165) is 17.7 Å². The van der Waals surface area contributed by atoms with Gasteiger partial charge in [0.05, 0.1) is 18.4 Å². The third kappa shape index (κ3) is 2.48. The largest absolute Gasteiger partial charge is 0.493 e. The summed E-state index contributed by atoms with van der Waals surface area (Å²) in [5.41, 5.74) is 1.12. The molecule has 20 heavy (non-hydrogen) atoms. The average Bonchev–Trinajstić information content (AvgIpc) is 3.25. The number of rotatable bonds is 4. The van der Waals surface area contributed by atoms with Crippen molar-refractivity contribution in [3.05, 3.63) is 29.8 Å².